The maximum Gasteiger partial charge on any atom is 0.228 e. The third-order valence-electron chi connectivity index (χ3n) is 2.78. The second-order valence-corrected chi connectivity index (χ2v) is 5.79. The van der Waals surface area contributed by atoms with Gasteiger partial charge in [-0.15, -0.1) is 10.2 Å². The summed E-state index contributed by atoms with van der Waals surface area (Å²) in [5.74, 6) is -0.149. The van der Waals surface area contributed by atoms with Gasteiger partial charge in [-0.1, -0.05) is 35.1 Å². The van der Waals surface area contributed by atoms with Crippen LogP contribution in [0.4, 0.5) is 5.13 Å². The lowest BCUT2D eigenvalue weighted by Crippen LogP contribution is -2.14. The number of aromatic nitrogens is 5. The molecule has 2 heterocycles. The third kappa shape index (κ3) is 3.66. The van der Waals surface area contributed by atoms with Gasteiger partial charge in [-0.05, 0) is 12.1 Å². The average molecular weight is 335 g/mol. The van der Waals surface area contributed by atoms with E-state index in [0.717, 1.165) is 5.56 Å². The van der Waals surface area contributed by atoms with Gasteiger partial charge < -0.3 is 5.32 Å². The van der Waals surface area contributed by atoms with E-state index in [0.29, 0.717) is 21.7 Å². The number of anilines is 1. The Morgan fingerprint density at radius 2 is 2.27 bits per heavy atom. The number of aryl methyl sites for hydroxylation is 1. The van der Waals surface area contributed by atoms with Gasteiger partial charge in [-0.3, -0.25) is 9.48 Å². The van der Waals surface area contributed by atoms with Crippen LogP contribution >= 0.6 is 22.9 Å². The molecule has 0 spiro atoms. The standard InChI is InChI=1S/C13H11ClN6OS/c14-10-3-1-2-9(6-10)12-18-19-13(22-12)17-11(21)4-5-20-8-15-7-16-20/h1-3,6-8H,4-5H2,(H,17,19,21). The number of benzene rings is 1. The summed E-state index contributed by atoms with van der Waals surface area (Å²) in [5.41, 5.74) is 0.869. The predicted molar refractivity (Wildman–Crippen MR) is 83.6 cm³/mol. The third-order valence-corrected chi connectivity index (χ3v) is 3.90. The number of hydrogen-bond donors (Lipinski definition) is 1. The maximum absolute atomic E-state index is 11.9. The first-order valence-electron chi connectivity index (χ1n) is 6.42. The van der Waals surface area contributed by atoms with Crippen LogP contribution in [0.3, 0.4) is 0 Å². The quantitative estimate of drug-likeness (QED) is 0.774. The molecule has 3 aromatic rings. The minimum absolute atomic E-state index is 0.149. The summed E-state index contributed by atoms with van der Waals surface area (Å²) in [7, 11) is 0. The maximum atomic E-state index is 11.9. The van der Waals surface area contributed by atoms with Gasteiger partial charge in [0.2, 0.25) is 11.0 Å². The molecule has 0 bridgehead atoms. The van der Waals surface area contributed by atoms with Crippen molar-refractivity contribution >= 4 is 34.0 Å². The van der Waals surface area contributed by atoms with Crippen LogP contribution in [0.25, 0.3) is 10.6 Å². The number of nitrogens with zero attached hydrogens (tertiary/aromatic N) is 5. The fourth-order valence-corrected chi connectivity index (χ4v) is 2.70. The molecular weight excluding hydrogens is 324 g/mol. The SMILES string of the molecule is O=C(CCn1cncn1)Nc1nnc(-c2cccc(Cl)c2)s1. The summed E-state index contributed by atoms with van der Waals surface area (Å²) in [6.07, 6.45) is 3.28. The number of rotatable bonds is 5. The largest absolute Gasteiger partial charge is 0.300 e. The van der Waals surface area contributed by atoms with Crippen molar-refractivity contribution in [1.29, 1.82) is 0 Å². The molecular formula is C13H11ClN6OS. The van der Waals surface area contributed by atoms with Crippen molar-refractivity contribution in [1.82, 2.24) is 25.0 Å². The summed E-state index contributed by atoms with van der Waals surface area (Å²) in [6.45, 7) is 0.464. The van der Waals surface area contributed by atoms with Gasteiger partial charge in [0.1, 0.15) is 17.7 Å². The van der Waals surface area contributed by atoms with Gasteiger partial charge in [0.15, 0.2) is 0 Å². The fourth-order valence-electron chi connectivity index (χ4n) is 1.76. The van der Waals surface area contributed by atoms with Crippen molar-refractivity contribution in [3.8, 4) is 10.6 Å². The van der Waals surface area contributed by atoms with Crippen LogP contribution in [0.2, 0.25) is 5.02 Å². The van der Waals surface area contributed by atoms with Crippen molar-refractivity contribution < 1.29 is 4.79 Å². The fraction of sp³-hybridized carbons (Fsp3) is 0.154. The molecule has 0 aliphatic carbocycles. The van der Waals surface area contributed by atoms with E-state index in [2.05, 4.69) is 25.6 Å². The minimum atomic E-state index is -0.149. The normalized spacial score (nSPS) is 10.6. The van der Waals surface area contributed by atoms with Crippen molar-refractivity contribution in [2.24, 2.45) is 0 Å². The summed E-state index contributed by atoms with van der Waals surface area (Å²) in [4.78, 5) is 15.7. The van der Waals surface area contributed by atoms with Crippen LogP contribution in [-0.4, -0.2) is 30.9 Å². The lowest BCUT2D eigenvalue weighted by Gasteiger charge is -2.00. The lowest BCUT2D eigenvalue weighted by atomic mass is 10.2. The zero-order valence-electron chi connectivity index (χ0n) is 11.3. The highest BCUT2D eigenvalue weighted by Gasteiger charge is 2.10. The molecule has 1 amide bonds. The zero-order chi connectivity index (χ0) is 15.4. The minimum Gasteiger partial charge on any atom is -0.300 e. The Morgan fingerprint density at radius 1 is 1.36 bits per heavy atom. The van der Waals surface area contributed by atoms with E-state index in [-0.39, 0.29) is 12.3 Å². The molecule has 2 aromatic heterocycles. The molecule has 0 saturated heterocycles. The van der Waals surface area contributed by atoms with Gasteiger partial charge in [-0.25, -0.2) is 4.98 Å². The first-order chi connectivity index (χ1) is 10.7. The monoisotopic (exact) mass is 334 g/mol. The molecule has 0 saturated carbocycles. The zero-order valence-corrected chi connectivity index (χ0v) is 12.9. The molecule has 1 aromatic carbocycles. The van der Waals surface area contributed by atoms with Crippen LogP contribution in [0, 0.1) is 0 Å². The van der Waals surface area contributed by atoms with E-state index in [1.807, 2.05) is 12.1 Å². The molecule has 3 rings (SSSR count). The summed E-state index contributed by atoms with van der Waals surface area (Å²) in [5, 5.41) is 16.5. The Morgan fingerprint density at radius 3 is 3.05 bits per heavy atom. The van der Waals surface area contributed by atoms with E-state index in [4.69, 9.17) is 11.6 Å². The predicted octanol–water partition coefficient (Wildman–Crippen LogP) is 2.48. The highest BCUT2D eigenvalue weighted by molar-refractivity contribution is 7.18. The van der Waals surface area contributed by atoms with Gasteiger partial charge in [0.05, 0.1) is 6.54 Å². The lowest BCUT2D eigenvalue weighted by molar-refractivity contribution is -0.116. The molecule has 7 nitrogen and oxygen atoms in total. The van der Waals surface area contributed by atoms with Crippen LogP contribution in [-0.2, 0) is 11.3 Å². The molecule has 112 valence electrons. The number of hydrogen-bond acceptors (Lipinski definition) is 6. The van der Waals surface area contributed by atoms with Crippen molar-refractivity contribution in [3.05, 3.63) is 41.9 Å². The van der Waals surface area contributed by atoms with Gasteiger partial charge in [0.25, 0.3) is 0 Å². The highest BCUT2D eigenvalue weighted by atomic mass is 35.5. The number of carbonyl (C=O) groups is 1. The Bertz CT molecular complexity index is 772. The van der Waals surface area contributed by atoms with Gasteiger partial charge in [-0.2, -0.15) is 5.10 Å². The van der Waals surface area contributed by atoms with Gasteiger partial charge >= 0.3 is 0 Å². The molecule has 0 unspecified atom stereocenters. The molecule has 0 aliphatic rings. The van der Waals surface area contributed by atoms with E-state index in [9.17, 15) is 4.79 Å². The molecule has 9 heteroatoms. The Labute approximate surface area is 135 Å². The molecule has 0 radical (unpaired) electrons. The van der Waals surface area contributed by atoms with Crippen molar-refractivity contribution in [2.75, 3.05) is 5.32 Å². The molecule has 0 aliphatic heterocycles. The topological polar surface area (TPSA) is 85.6 Å². The first kappa shape index (κ1) is 14.6. The molecule has 22 heavy (non-hydrogen) atoms. The number of nitrogens with one attached hydrogen (secondary N) is 1. The second-order valence-electron chi connectivity index (χ2n) is 4.38. The molecule has 0 atom stereocenters. The van der Waals surface area contributed by atoms with E-state index < -0.39 is 0 Å². The van der Waals surface area contributed by atoms with Gasteiger partial charge in [0, 0.05) is 17.0 Å². The van der Waals surface area contributed by atoms with Crippen LogP contribution in [0.15, 0.2) is 36.9 Å². The first-order valence-corrected chi connectivity index (χ1v) is 7.62. The summed E-state index contributed by atoms with van der Waals surface area (Å²) < 4.78 is 1.59. The number of amides is 1. The molecule has 1 N–H and O–H groups in total. The Balaban J connectivity index is 1.60. The average Bonchev–Trinajstić information content (AvgIpc) is 3.16. The van der Waals surface area contributed by atoms with Crippen molar-refractivity contribution in [3.63, 3.8) is 0 Å². The van der Waals surface area contributed by atoms with Crippen LogP contribution in [0.1, 0.15) is 6.42 Å². The number of halogens is 1. The smallest absolute Gasteiger partial charge is 0.228 e. The number of carbonyl (C=O) groups excluding carboxylic acids is 1. The van der Waals surface area contributed by atoms with Crippen molar-refractivity contribution in [2.45, 2.75) is 13.0 Å². The molecule has 0 fully saturated rings. The van der Waals surface area contributed by atoms with Crippen LogP contribution in [0.5, 0.6) is 0 Å². The summed E-state index contributed by atoms with van der Waals surface area (Å²) in [6, 6.07) is 7.33. The van der Waals surface area contributed by atoms with Crippen LogP contribution < -0.4 is 5.32 Å². The summed E-state index contributed by atoms with van der Waals surface area (Å²) >= 11 is 7.25. The Kier molecular flexibility index (Phi) is 4.40. The van der Waals surface area contributed by atoms with E-state index in [1.165, 1.54) is 17.7 Å². The highest BCUT2D eigenvalue weighted by Crippen LogP contribution is 2.28. The second kappa shape index (κ2) is 6.63. The Hall–Kier alpha value is -2.32. The van der Waals surface area contributed by atoms with E-state index >= 15 is 0 Å². The van der Waals surface area contributed by atoms with E-state index in [1.54, 1.807) is 23.1 Å².